The highest BCUT2D eigenvalue weighted by atomic mass is 16.6. The van der Waals surface area contributed by atoms with Crippen LogP contribution in [0.1, 0.15) is 25.3 Å². The monoisotopic (exact) mass is 266 g/mol. The van der Waals surface area contributed by atoms with E-state index in [0.717, 1.165) is 17.7 Å². The van der Waals surface area contributed by atoms with Crippen LogP contribution in [0, 0.1) is 17.0 Å². The fourth-order valence-corrected chi connectivity index (χ4v) is 1.91. The van der Waals surface area contributed by atoms with Crippen LogP contribution in [0.3, 0.4) is 0 Å². The van der Waals surface area contributed by atoms with Gasteiger partial charge in [0.2, 0.25) is 0 Å². The van der Waals surface area contributed by atoms with E-state index >= 15 is 0 Å². The molecule has 0 saturated carbocycles. The van der Waals surface area contributed by atoms with Crippen LogP contribution < -0.4 is 4.90 Å². The number of aryl methyl sites for hydroxylation is 1. The number of rotatable bonds is 7. The van der Waals surface area contributed by atoms with Crippen molar-refractivity contribution in [2.45, 2.75) is 26.7 Å². The maximum atomic E-state index is 10.8. The molecule has 0 aliphatic heterocycles. The molecule has 0 radical (unpaired) electrons. The van der Waals surface area contributed by atoms with Gasteiger partial charge in [-0.3, -0.25) is 14.9 Å². The van der Waals surface area contributed by atoms with Crippen molar-refractivity contribution in [2.75, 3.05) is 18.0 Å². The molecule has 6 heteroatoms. The predicted molar refractivity (Wildman–Crippen MR) is 72.6 cm³/mol. The summed E-state index contributed by atoms with van der Waals surface area (Å²) in [5, 5.41) is 19.6. The Labute approximate surface area is 111 Å². The fraction of sp³-hybridized carbons (Fsp3) is 0.462. The van der Waals surface area contributed by atoms with Crippen LogP contribution in [0.4, 0.5) is 11.4 Å². The molecule has 1 rings (SSSR count). The second kappa shape index (κ2) is 6.72. The summed E-state index contributed by atoms with van der Waals surface area (Å²) in [6.07, 6.45) is 0.865. The average molecular weight is 266 g/mol. The highest BCUT2D eigenvalue weighted by Crippen LogP contribution is 2.26. The molecule has 0 aromatic heterocycles. The third-order valence-corrected chi connectivity index (χ3v) is 2.83. The number of anilines is 1. The minimum absolute atomic E-state index is 0.0160. The normalized spacial score (nSPS) is 10.2. The number of carboxylic acids is 1. The molecule has 1 aromatic carbocycles. The molecule has 0 saturated heterocycles. The lowest BCUT2D eigenvalue weighted by Gasteiger charge is -2.25. The third kappa shape index (κ3) is 4.24. The first-order valence-electron chi connectivity index (χ1n) is 6.17. The summed E-state index contributed by atoms with van der Waals surface area (Å²) >= 11 is 0. The number of nitrogens with zero attached hydrogens (tertiary/aromatic N) is 2. The number of carboxylic acid groups (broad SMARTS) is 1. The summed E-state index contributed by atoms with van der Waals surface area (Å²) < 4.78 is 0. The molecular formula is C13H18N2O4. The molecule has 0 atom stereocenters. The maximum absolute atomic E-state index is 10.8. The molecule has 0 aliphatic rings. The van der Waals surface area contributed by atoms with Gasteiger partial charge in [0.05, 0.1) is 11.3 Å². The van der Waals surface area contributed by atoms with E-state index in [0.29, 0.717) is 13.1 Å². The number of hydrogen-bond acceptors (Lipinski definition) is 4. The summed E-state index contributed by atoms with van der Waals surface area (Å²) in [5.74, 6) is -0.871. The van der Waals surface area contributed by atoms with E-state index in [9.17, 15) is 14.9 Å². The van der Waals surface area contributed by atoms with Gasteiger partial charge in [-0.05, 0) is 18.9 Å². The largest absolute Gasteiger partial charge is 0.481 e. The molecule has 6 nitrogen and oxygen atoms in total. The molecule has 104 valence electrons. The van der Waals surface area contributed by atoms with Crippen molar-refractivity contribution in [1.82, 2.24) is 0 Å². The molecule has 0 amide bonds. The first-order valence-corrected chi connectivity index (χ1v) is 6.17. The molecule has 0 aliphatic carbocycles. The van der Waals surface area contributed by atoms with E-state index in [1.54, 1.807) is 6.07 Å². The zero-order valence-corrected chi connectivity index (χ0v) is 11.1. The fourth-order valence-electron chi connectivity index (χ4n) is 1.91. The SMILES string of the molecule is CCCN(CCC(=O)O)c1cc([N+](=O)[O-])ccc1C. The molecule has 1 N–H and O–H groups in total. The number of nitro benzene ring substituents is 1. The van der Waals surface area contributed by atoms with Gasteiger partial charge in [-0.25, -0.2) is 0 Å². The second-order valence-electron chi connectivity index (χ2n) is 4.36. The van der Waals surface area contributed by atoms with Gasteiger partial charge >= 0.3 is 5.97 Å². The zero-order chi connectivity index (χ0) is 14.4. The van der Waals surface area contributed by atoms with E-state index < -0.39 is 10.9 Å². The Morgan fingerprint density at radius 3 is 2.63 bits per heavy atom. The maximum Gasteiger partial charge on any atom is 0.305 e. The van der Waals surface area contributed by atoms with Crippen molar-refractivity contribution < 1.29 is 14.8 Å². The van der Waals surface area contributed by atoms with E-state index in [1.165, 1.54) is 12.1 Å². The second-order valence-corrected chi connectivity index (χ2v) is 4.36. The van der Waals surface area contributed by atoms with Gasteiger partial charge in [-0.15, -0.1) is 0 Å². The first-order chi connectivity index (χ1) is 8.95. The highest BCUT2D eigenvalue weighted by molar-refractivity contribution is 5.68. The summed E-state index contributed by atoms with van der Waals surface area (Å²) in [6, 6.07) is 4.66. The predicted octanol–water partition coefficient (Wildman–Crippen LogP) is 2.59. The number of carbonyl (C=O) groups is 1. The summed E-state index contributed by atoms with van der Waals surface area (Å²) in [7, 11) is 0. The number of aliphatic carboxylic acids is 1. The van der Waals surface area contributed by atoms with Crippen LogP contribution in [-0.4, -0.2) is 29.1 Å². The Hall–Kier alpha value is -2.11. The van der Waals surface area contributed by atoms with E-state index in [2.05, 4.69) is 0 Å². The van der Waals surface area contributed by atoms with Crippen LogP contribution in [0.15, 0.2) is 18.2 Å². The average Bonchev–Trinajstić information content (AvgIpc) is 2.35. The van der Waals surface area contributed by atoms with Crippen LogP contribution in [0.5, 0.6) is 0 Å². The van der Waals surface area contributed by atoms with Crippen molar-refractivity contribution in [3.8, 4) is 0 Å². The molecule has 0 unspecified atom stereocenters. The standard InChI is InChI=1S/C13H18N2O4/c1-3-7-14(8-6-13(16)17)12-9-11(15(18)19)5-4-10(12)2/h4-5,9H,3,6-8H2,1-2H3,(H,16,17). The number of non-ortho nitro benzene ring substituents is 1. The van der Waals surface area contributed by atoms with Gasteiger partial charge in [-0.2, -0.15) is 0 Å². The summed E-state index contributed by atoms with van der Waals surface area (Å²) in [5.41, 5.74) is 1.67. The topological polar surface area (TPSA) is 83.7 Å². The smallest absolute Gasteiger partial charge is 0.305 e. The Morgan fingerprint density at radius 2 is 2.11 bits per heavy atom. The van der Waals surface area contributed by atoms with Gasteiger partial charge < -0.3 is 10.0 Å². The third-order valence-electron chi connectivity index (χ3n) is 2.83. The van der Waals surface area contributed by atoms with Crippen LogP contribution in [0.25, 0.3) is 0 Å². The Kier molecular flexibility index (Phi) is 5.29. The van der Waals surface area contributed by atoms with Gasteiger partial charge in [-0.1, -0.05) is 13.0 Å². The summed E-state index contributed by atoms with van der Waals surface area (Å²) in [4.78, 5) is 22.9. The Bertz CT molecular complexity index is 474. The number of benzene rings is 1. The highest BCUT2D eigenvalue weighted by Gasteiger charge is 2.14. The van der Waals surface area contributed by atoms with Gasteiger partial charge in [0, 0.05) is 30.9 Å². The summed E-state index contributed by atoms with van der Waals surface area (Å²) in [6.45, 7) is 4.88. The minimum atomic E-state index is -0.871. The molecule has 19 heavy (non-hydrogen) atoms. The van der Waals surface area contributed by atoms with Gasteiger partial charge in [0.15, 0.2) is 0 Å². The zero-order valence-electron chi connectivity index (χ0n) is 11.1. The van der Waals surface area contributed by atoms with Gasteiger partial charge in [0.25, 0.3) is 5.69 Å². The molecule has 0 bridgehead atoms. The van der Waals surface area contributed by atoms with Crippen LogP contribution in [-0.2, 0) is 4.79 Å². The van der Waals surface area contributed by atoms with Crippen LogP contribution >= 0.6 is 0 Å². The molecule has 0 fully saturated rings. The number of hydrogen-bond donors (Lipinski definition) is 1. The Balaban J connectivity index is 3.02. The van der Waals surface area contributed by atoms with Crippen molar-refractivity contribution >= 4 is 17.3 Å². The van der Waals surface area contributed by atoms with Crippen molar-refractivity contribution in [2.24, 2.45) is 0 Å². The van der Waals surface area contributed by atoms with Crippen molar-refractivity contribution in [3.63, 3.8) is 0 Å². The molecule has 0 heterocycles. The lowest BCUT2D eigenvalue weighted by molar-refractivity contribution is -0.384. The minimum Gasteiger partial charge on any atom is -0.481 e. The van der Waals surface area contributed by atoms with E-state index in [-0.39, 0.29) is 12.1 Å². The van der Waals surface area contributed by atoms with Gasteiger partial charge in [0.1, 0.15) is 0 Å². The van der Waals surface area contributed by atoms with Crippen molar-refractivity contribution in [3.05, 3.63) is 33.9 Å². The first kappa shape index (κ1) is 14.9. The quantitative estimate of drug-likeness (QED) is 0.605. The Morgan fingerprint density at radius 1 is 1.42 bits per heavy atom. The molecular weight excluding hydrogens is 248 g/mol. The van der Waals surface area contributed by atoms with E-state index in [1.807, 2.05) is 18.7 Å². The number of nitro groups is 1. The molecule has 1 aromatic rings. The van der Waals surface area contributed by atoms with Crippen molar-refractivity contribution in [1.29, 1.82) is 0 Å². The molecule has 0 spiro atoms. The van der Waals surface area contributed by atoms with E-state index in [4.69, 9.17) is 5.11 Å². The van der Waals surface area contributed by atoms with Crippen LogP contribution in [0.2, 0.25) is 0 Å². The lowest BCUT2D eigenvalue weighted by Crippen LogP contribution is -2.27. The lowest BCUT2D eigenvalue weighted by atomic mass is 10.1.